The zero-order chi connectivity index (χ0) is 23.4. The number of aliphatic hydroxyl groups is 1. The van der Waals surface area contributed by atoms with Gasteiger partial charge >= 0.3 is 10.2 Å². The zero-order valence-electron chi connectivity index (χ0n) is 18.4. The first-order valence-electron chi connectivity index (χ1n) is 10.9. The summed E-state index contributed by atoms with van der Waals surface area (Å²) in [6.45, 7) is 1.10. The first-order valence-corrected chi connectivity index (χ1v) is 12.7. The average molecular weight is 490 g/mol. The number of halogens is 1. The highest BCUT2D eigenvalue weighted by atomic mass is 35.5. The number of nitrogens with zero attached hydrogens (tertiary/aromatic N) is 4. The number of piperidine rings is 1. The van der Waals surface area contributed by atoms with E-state index in [0.29, 0.717) is 24.4 Å². The second-order valence-corrected chi connectivity index (χ2v) is 10.2. The van der Waals surface area contributed by atoms with Crippen molar-refractivity contribution in [3.63, 3.8) is 0 Å². The predicted molar refractivity (Wildman–Crippen MR) is 131 cm³/mol. The van der Waals surface area contributed by atoms with E-state index >= 15 is 0 Å². The van der Waals surface area contributed by atoms with Gasteiger partial charge in [-0.15, -0.1) is 0 Å². The minimum absolute atomic E-state index is 0.0109. The molecule has 2 aliphatic heterocycles. The SMILES string of the molecule is CNC(C=NS(=O)(=O)N1CCC(O)CC1)N1CC(c2ccccc2)C(c2ccc(Cl)cc2)=N1. The third kappa shape index (κ3) is 5.62. The summed E-state index contributed by atoms with van der Waals surface area (Å²) >= 11 is 6.08. The third-order valence-electron chi connectivity index (χ3n) is 5.98. The molecule has 0 spiro atoms. The van der Waals surface area contributed by atoms with E-state index in [-0.39, 0.29) is 19.0 Å². The van der Waals surface area contributed by atoms with Crippen molar-refractivity contribution in [2.75, 3.05) is 26.7 Å². The normalized spacial score (nSPS) is 21.5. The molecule has 33 heavy (non-hydrogen) atoms. The van der Waals surface area contributed by atoms with Gasteiger partial charge in [-0.1, -0.05) is 54.1 Å². The van der Waals surface area contributed by atoms with Gasteiger partial charge in [0.1, 0.15) is 6.17 Å². The lowest BCUT2D eigenvalue weighted by Gasteiger charge is -2.27. The molecule has 1 saturated heterocycles. The Balaban J connectivity index is 1.58. The van der Waals surface area contributed by atoms with Gasteiger partial charge in [-0.2, -0.15) is 22.2 Å². The lowest BCUT2D eigenvalue weighted by Crippen LogP contribution is -2.43. The average Bonchev–Trinajstić information content (AvgIpc) is 3.26. The summed E-state index contributed by atoms with van der Waals surface area (Å²) in [4.78, 5) is 0. The molecule has 0 amide bonds. The molecule has 0 aromatic heterocycles. The van der Waals surface area contributed by atoms with Gasteiger partial charge in [-0.05, 0) is 43.1 Å². The van der Waals surface area contributed by atoms with Crippen molar-refractivity contribution >= 4 is 33.7 Å². The van der Waals surface area contributed by atoms with Gasteiger partial charge in [-0.25, -0.2) is 0 Å². The van der Waals surface area contributed by atoms with E-state index in [4.69, 9.17) is 16.7 Å². The van der Waals surface area contributed by atoms with Crippen molar-refractivity contribution in [1.29, 1.82) is 0 Å². The molecule has 2 heterocycles. The number of benzene rings is 2. The van der Waals surface area contributed by atoms with Gasteiger partial charge < -0.3 is 5.11 Å². The van der Waals surface area contributed by atoms with Crippen LogP contribution >= 0.6 is 11.6 Å². The van der Waals surface area contributed by atoms with Crippen molar-refractivity contribution in [2.45, 2.75) is 31.0 Å². The summed E-state index contributed by atoms with van der Waals surface area (Å²) in [6.07, 6.45) is 1.27. The largest absolute Gasteiger partial charge is 0.393 e. The van der Waals surface area contributed by atoms with E-state index in [1.54, 1.807) is 7.05 Å². The maximum Gasteiger partial charge on any atom is 0.322 e. The third-order valence-corrected chi connectivity index (χ3v) is 7.64. The van der Waals surface area contributed by atoms with E-state index in [1.165, 1.54) is 10.5 Å². The Kier molecular flexibility index (Phi) is 7.45. The van der Waals surface area contributed by atoms with Crippen LogP contribution in [0.25, 0.3) is 0 Å². The maximum absolute atomic E-state index is 12.7. The van der Waals surface area contributed by atoms with Crippen LogP contribution in [0.1, 0.15) is 29.9 Å². The highest BCUT2D eigenvalue weighted by molar-refractivity contribution is 7.87. The molecule has 0 saturated carbocycles. The highest BCUT2D eigenvalue weighted by Gasteiger charge is 2.32. The molecule has 0 radical (unpaired) electrons. The molecule has 2 atom stereocenters. The van der Waals surface area contributed by atoms with E-state index in [0.717, 1.165) is 16.8 Å². The molecule has 0 aliphatic carbocycles. The summed E-state index contributed by atoms with van der Waals surface area (Å²) in [7, 11) is -2.07. The van der Waals surface area contributed by atoms with Crippen LogP contribution in [0.15, 0.2) is 64.1 Å². The summed E-state index contributed by atoms with van der Waals surface area (Å²) < 4.78 is 30.6. The fourth-order valence-electron chi connectivity index (χ4n) is 4.10. The Bertz CT molecular complexity index is 1100. The van der Waals surface area contributed by atoms with E-state index < -0.39 is 22.5 Å². The summed E-state index contributed by atoms with van der Waals surface area (Å²) in [5.74, 6) is 0.0109. The first-order chi connectivity index (χ1) is 15.9. The first kappa shape index (κ1) is 23.8. The number of nitrogens with one attached hydrogen (secondary N) is 1. The Hall–Kier alpha value is -2.30. The van der Waals surface area contributed by atoms with Crippen molar-refractivity contribution in [2.24, 2.45) is 9.50 Å². The minimum Gasteiger partial charge on any atom is -0.393 e. The molecule has 2 aliphatic rings. The Morgan fingerprint density at radius 3 is 2.45 bits per heavy atom. The van der Waals surface area contributed by atoms with Gasteiger partial charge in [0.2, 0.25) is 0 Å². The van der Waals surface area contributed by atoms with Crippen LogP contribution in [0.4, 0.5) is 0 Å². The highest BCUT2D eigenvalue weighted by Crippen LogP contribution is 2.30. The quantitative estimate of drug-likeness (QED) is 0.582. The molecule has 2 aromatic carbocycles. The smallest absolute Gasteiger partial charge is 0.322 e. The van der Waals surface area contributed by atoms with Gasteiger partial charge in [0.25, 0.3) is 0 Å². The second-order valence-electron chi connectivity index (χ2n) is 8.17. The van der Waals surface area contributed by atoms with Crippen molar-refractivity contribution in [3.05, 3.63) is 70.7 Å². The van der Waals surface area contributed by atoms with E-state index in [1.807, 2.05) is 47.5 Å². The minimum atomic E-state index is -3.82. The van der Waals surface area contributed by atoms with Crippen molar-refractivity contribution in [3.8, 4) is 0 Å². The van der Waals surface area contributed by atoms with Gasteiger partial charge in [-0.3, -0.25) is 10.3 Å². The van der Waals surface area contributed by atoms with Crippen molar-refractivity contribution in [1.82, 2.24) is 14.6 Å². The van der Waals surface area contributed by atoms with Crippen LogP contribution < -0.4 is 5.32 Å². The van der Waals surface area contributed by atoms with Crippen LogP contribution in [-0.4, -0.2) is 73.7 Å². The molecule has 8 nitrogen and oxygen atoms in total. The maximum atomic E-state index is 12.7. The molecule has 4 rings (SSSR count). The fraction of sp³-hybridized carbons (Fsp3) is 0.391. The van der Waals surface area contributed by atoms with E-state index in [2.05, 4.69) is 21.8 Å². The molecule has 1 fully saturated rings. The molecular formula is C23H28ClN5O3S. The number of rotatable bonds is 7. The molecule has 2 unspecified atom stereocenters. The molecule has 2 N–H and O–H groups in total. The van der Waals surface area contributed by atoms with Crippen LogP contribution in [0, 0.1) is 0 Å². The summed E-state index contributed by atoms with van der Waals surface area (Å²) in [5.41, 5.74) is 2.97. The number of hydrogen-bond acceptors (Lipinski definition) is 6. The topological polar surface area (TPSA) is 97.6 Å². The Labute approximate surface area is 199 Å². The monoisotopic (exact) mass is 489 g/mol. The lowest BCUT2D eigenvalue weighted by atomic mass is 9.90. The molecule has 176 valence electrons. The molecular weight excluding hydrogens is 462 g/mol. The molecule has 2 aromatic rings. The van der Waals surface area contributed by atoms with Crippen molar-refractivity contribution < 1.29 is 13.5 Å². The van der Waals surface area contributed by atoms with Gasteiger partial charge in [0, 0.05) is 24.0 Å². The number of hydrazone groups is 1. The fourth-order valence-corrected chi connectivity index (χ4v) is 5.30. The number of aliphatic hydroxyl groups excluding tert-OH is 1. The summed E-state index contributed by atoms with van der Waals surface area (Å²) in [6, 6.07) is 17.7. The Morgan fingerprint density at radius 2 is 1.82 bits per heavy atom. The van der Waals surface area contributed by atoms with Crippen LogP contribution in [0.2, 0.25) is 5.02 Å². The zero-order valence-corrected chi connectivity index (χ0v) is 20.0. The molecule has 0 bridgehead atoms. The standard InChI is InChI=1S/C23H28ClN5O3S/c1-25-22(15-26-33(31,32)28-13-11-20(30)12-14-28)29-16-21(17-5-3-2-4-6-17)23(27-29)18-7-9-19(24)10-8-18/h2-10,15,20-22,25,30H,11-14,16H2,1H3. The molecule has 10 heteroatoms. The van der Waals surface area contributed by atoms with Gasteiger partial charge in [0.15, 0.2) is 0 Å². The Morgan fingerprint density at radius 1 is 1.15 bits per heavy atom. The van der Waals surface area contributed by atoms with Crippen LogP contribution in [0.3, 0.4) is 0 Å². The predicted octanol–water partition coefficient (Wildman–Crippen LogP) is 2.46. The lowest BCUT2D eigenvalue weighted by molar-refractivity contribution is 0.113. The van der Waals surface area contributed by atoms with E-state index in [9.17, 15) is 13.5 Å². The van der Waals surface area contributed by atoms with Crippen LogP contribution in [0.5, 0.6) is 0 Å². The number of hydrogen-bond donors (Lipinski definition) is 2. The van der Waals surface area contributed by atoms with Crippen LogP contribution in [-0.2, 0) is 10.2 Å². The summed E-state index contributed by atoms with van der Waals surface area (Å²) in [5, 5.41) is 20.1. The second kappa shape index (κ2) is 10.3. The van der Waals surface area contributed by atoms with Gasteiger partial charge in [0.05, 0.1) is 24.6 Å².